The number of ketones is 4. The number of benzene rings is 3. The molecule has 3 aromatic heterocycles. The van der Waals surface area contributed by atoms with Crippen molar-refractivity contribution in [2.75, 3.05) is 0 Å². The number of fused-ring (bicyclic) bond motifs is 8. The molecule has 2 aliphatic carbocycles. The number of hydrogen-bond donors (Lipinski definition) is 0. The van der Waals surface area contributed by atoms with Gasteiger partial charge in [-0.2, -0.15) is 8.75 Å². The predicted octanol–water partition coefficient (Wildman–Crippen LogP) is 6.73. The summed E-state index contributed by atoms with van der Waals surface area (Å²) in [5.74, 6) is -1.96. The average Bonchev–Trinajstić information content (AvgIpc) is 3.76. The second-order valence-electron chi connectivity index (χ2n) is 9.27. The molecule has 0 fully saturated rings. The normalized spacial score (nSPS) is 17.0. The second kappa shape index (κ2) is 8.03. The molecule has 3 aromatic carbocycles. The van der Waals surface area contributed by atoms with Gasteiger partial charge >= 0.3 is 0 Å². The van der Waals surface area contributed by atoms with E-state index in [0.29, 0.717) is 33.4 Å². The molecule has 39 heavy (non-hydrogen) atoms. The Balaban J connectivity index is 1.33. The summed E-state index contributed by atoms with van der Waals surface area (Å²) in [6.07, 6.45) is 3.56. The maximum absolute atomic E-state index is 12.8. The largest absolute Gasteiger partial charge is 0.285 e. The van der Waals surface area contributed by atoms with E-state index in [1.165, 1.54) is 22.7 Å². The molecule has 0 saturated heterocycles. The first-order valence-corrected chi connectivity index (χ1v) is 14.3. The minimum absolute atomic E-state index is 0.394. The lowest BCUT2D eigenvalue weighted by Crippen LogP contribution is -2.05. The van der Waals surface area contributed by atoms with Crippen LogP contribution in [0.15, 0.2) is 60.7 Å². The van der Waals surface area contributed by atoms with Crippen molar-refractivity contribution in [2.24, 2.45) is 0 Å². The summed E-state index contributed by atoms with van der Waals surface area (Å²) < 4.78 is 11.1. The summed E-state index contributed by atoms with van der Waals surface area (Å²) in [4.78, 5) is 52.2. The predicted molar refractivity (Wildman–Crippen MR) is 155 cm³/mol. The van der Waals surface area contributed by atoms with Gasteiger partial charge in [-0.25, -0.2) is 0 Å². The Kier molecular flexibility index (Phi) is 4.64. The van der Waals surface area contributed by atoms with Crippen molar-refractivity contribution < 1.29 is 19.2 Å². The standard InChI is InChI=1S/C30H12N2O4S3/c33-25-17-7-3-1-5-15(17)19(27(25)35)9-13-11-21-23-24(32-39-31-23)22-12-14(38-30(22)29(21)37-13)10-20-16-6-2-4-8-18(16)26(34)28(20)36/h1-12H/b19-9-,20-10-. The Morgan fingerprint density at radius 1 is 0.538 bits per heavy atom. The molecule has 6 nitrogen and oxygen atoms in total. The van der Waals surface area contributed by atoms with Gasteiger partial charge in [0.2, 0.25) is 23.1 Å². The average molecular weight is 561 g/mol. The van der Waals surface area contributed by atoms with Crippen molar-refractivity contribution in [3.05, 3.63) is 92.7 Å². The maximum atomic E-state index is 12.8. The van der Waals surface area contributed by atoms with E-state index in [1.807, 2.05) is 24.3 Å². The van der Waals surface area contributed by atoms with Crippen LogP contribution in [0, 0.1) is 0 Å². The number of allylic oxidation sites excluding steroid dienone is 2. The zero-order chi connectivity index (χ0) is 26.4. The fourth-order valence-electron chi connectivity index (χ4n) is 5.33. The van der Waals surface area contributed by atoms with Gasteiger partial charge in [-0.05, 0) is 35.4 Å². The van der Waals surface area contributed by atoms with Gasteiger partial charge in [0.05, 0.1) is 21.1 Å². The smallest absolute Gasteiger partial charge is 0.234 e. The second-order valence-corrected chi connectivity index (χ2v) is 12.0. The quantitative estimate of drug-likeness (QED) is 0.172. The topological polar surface area (TPSA) is 94.1 Å². The highest BCUT2D eigenvalue weighted by Crippen LogP contribution is 2.45. The summed E-state index contributed by atoms with van der Waals surface area (Å²) in [6.45, 7) is 0. The van der Waals surface area contributed by atoms with Crippen LogP contribution < -0.4 is 0 Å². The Hall–Kier alpha value is -4.44. The van der Waals surface area contributed by atoms with Crippen LogP contribution in [0.1, 0.15) is 41.6 Å². The Morgan fingerprint density at radius 2 is 0.949 bits per heavy atom. The lowest BCUT2D eigenvalue weighted by molar-refractivity contribution is -0.110. The van der Waals surface area contributed by atoms with Gasteiger partial charge in [0.15, 0.2) is 0 Å². The number of rotatable bonds is 2. The lowest BCUT2D eigenvalue weighted by Gasteiger charge is -1.96. The zero-order valence-electron chi connectivity index (χ0n) is 19.7. The van der Waals surface area contributed by atoms with Crippen LogP contribution in [0.2, 0.25) is 0 Å². The molecule has 2 aliphatic rings. The number of aromatic nitrogens is 2. The van der Waals surface area contributed by atoms with Gasteiger partial charge in [-0.15, -0.1) is 22.7 Å². The van der Waals surface area contributed by atoms with E-state index < -0.39 is 23.1 Å². The summed E-state index contributed by atoms with van der Waals surface area (Å²) in [5, 5.41) is 1.85. The first kappa shape index (κ1) is 22.5. The van der Waals surface area contributed by atoms with E-state index >= 15 is 0 Å². The molecule has 9 heteroatoms. The SMILES string of the molecule is O=C1C(=O)c2ccccc2/C1=C/c1cc2c3nsnc3c3cc(/C=C4\C(=O)C(=O)c5ccccc54)sc3c2s1. The molecule has 0 spiro atoms. The minimum atomic E-state index is -0.500. The first-order chi connectivity index (χ1) is 19.0. The van der Waals surface area contributed by atoms with Crippen LogP contribution in [0.25, 0.3) is 54.5 Å². The fraction of sp³-hybridized carbons (Fsp3) is 0. The van der Waals surface area contributed by atoms with Crippen LogP contribution in [-0.4, -0.2) is 31.9 Å². The number of carbonyl (C=O) groups excluding carboxylic acids is 4. The van der Waals surface area contributed by atoms with Crippen LogP contribution in [-0.2, 0) is 9.59 Å². The van der Waals surface area contributed by atoms with Crippen molar-refractivity contribution in [2.45, 2.75) is 0 Å². The molecule has 6 aromatic rings. The lowest BCUT2D eigenvalue weighted by atomic mass is 10.1. The van der Waals surface area contributed by atoms with Crippen molar-refractivity contribution in [1.29, 1.82) is 0 Å². The molecule has 3 heterocycles. The van der Waals surface area contributed by atoms with Crippen molar-refractivity contribution in [3.8, 4) is 0 Å². The van der Waals surface area contributed by atoms with E-state index in [9.17, 15) is 19.2 Å². The third kappa shape index (κ3) is 3.12. The third-order valence-electron chi connectivity index (χ3n) is 7.11. The molecule has 184 valence electrons. The fourth-order valence-corrected chi connectivity index (χ4v) is 8.27. The highest BCUT2D eigenvalue weighted by atomic mass is 32.1. The number of carbonyl (C=O) groups is 4. The molecule has 0 bridgehead atoms. The number of hydrogen-bond acceptors (Lipinski definition) is 9. The van der Waals surface area contributed by atoms with Gasteiger partial charge in [0.25, 0.3) is 0 Å². The van der Waals surface area contributed by atoms with Crippen LogP contribution in [0.3, 0.4) is 0 Å². The van der Waals surface area contributed by atoms with E-state index in [0.717, 1.165) is 52.7 Å². The third-order valence-corrected chi connectivity index (χ3v) is 9.96. The van der Waals surface area contributed by atoms with Crippen molar-refractivity contribution in [3.63, 3.8) is 0 Å². The van der Waals surface area contributed by atoms with Crippen LogP contribution >= 0.6 is 34.4 Å². The summed E-state index contributed by atoms with van der Waals surface area (Å²) in [5.41, 5.74) is 4.49. The molecule has 0 N–H and O–H groups in total. The molecule has 0 aliphatic heterocycles. The minimum Gasteiger partial charge on any atom is -0.285 e. The molecule has 8 rings (SSSR count). The van der Waals surface area contributed by atoms with Gasteiger partial charge in [-0.3, -0.25) is 19.2 Å². The van der Waals surface area contributed by atoms with Gasteiger partial charge in [-0.1, -0.05) is 48.5 Å². The van der Waals surface area contributed by atoms with Crippen molar-refractivity contribution in [1.82, 2.24) is 8.75 Å². The first-order valence-electron chi connectivity index (χ1n) is 11.9. The Bertz CT molecular complexity index is 2060. The van der Waals surface area contributed by atoms with Gasteiger partial charge in [0, 0.05) is 42.8 Å². The van der Waals surface area contributed by atoms with Crippen LogP contribution in [0.5, 0.6) is 0 Å². The number of thiophene rings is 2. The highest BCUT2D eigenvalue weighted by Gasteiger charge is 2.34. The zero-order valence-corrected chi connectivity index (χ0v) is 22.1. The molecular weight excluding hydrogens is 549 g/mol. The molecule has 0 atom stereocenters. The monoisotopic (exact) mass is 560 g/mol. The highest BCUT2D eigenvalue weighted by molar-refractivity contribution is 7.28. The molecule has 0 saturated carbocycles. The summed E-state index contributed by atoms with van der Waals surface area (Å²) >= 11 is 4.17. The Morgan fingerprint density at radius 3 is 1.38 bits per heavy atom. The number of nitrogens with zero attached hydrogens (tertiary/aromatic N) is 2. The molecule has 0 amide bonds. The molecular formula is C30H12N2O4S3. The van der Waals surface area contributed by atoms with Gasteiger partial charge in [0.1, 0.15) is 11.0 Å². The number of Topliss-reactive ketones (excluding diaryl/α,β-unsaturated/α-hetero) is 4. The van der Waals surface area contributed by atoms with E-state index in [2.05, 4.69) is 8.75 Å². The van der Waals surface area contributed by atoms with E-state index in [4.69, 9.17) is 0 Å². The molecule has 0 radical (unpaired) electrons. The summed E-state index contributed by atoms with van der Waals surface area (Å²) in [6, 6.07) is 18.1. The van der Waals surface area contributed by atoms with E-state index in [-0.39, 0.29) is 0 Å². The Labute approximate surface area is 231 Å². The van der Waals surface area contributed by atoms with Crippen LogP contribution in [0.4, 0.5) is 0 Å². The van der Waals surface area contributed by atoms with Gasteiger partial charge < -0.3 is 0 Å². The summed E-state index contributed by atoms with van der Waals surface area (Å²) in [7, 11) is 0. The molecule has 0 unspecified atom stereocenters. The maximum Gasteiger partial charge on any atom is 0.234 e. The van der Waals surface area contributed by atoms with Crippen molar-refractivity contribution >= 4 is 112 Å². The van der Waals surface area contributed by atoms with E-state index in [1.54, 1.807) is 48.6 Å².